The minimum atomic E-state index is -0.293. The van der Waals surface area contributed by atoms with Crippen LogP contribution in [-0.2, 0) is 4.74 Å². The zero-order valence-corrected chi connectivity index (χ0v) is 14.6. The summed E-state index contributed by atoms with van der Waals surface area (Å²) >= 11 is 0. The second kappa shape index (κ2) is 7.83. The predicted octanol–water partition coefficient (Wildman–Crippen LogP) is 1.70. The number of fused-ring (bicyclic) bond motifs is 1. The normalized spacial score (nSPS) is 22.4. The molecule has 1 aromatic carbocycles. The molecule has 3 heterocycles. The van der Waals surface area contributed by atoms with Crippen molar-refractivity contribution in [1.82, 2.24) is 14.8 Å². The monoisotopic (exact) mass is 345 g/mol. The van der Waals surface area contributed by atoms with Crippen LogP contribution >= 0.6 is 0 Å². The van der Waals surface area contributed by atoms with Gasteiger partial charge in [-0.3, -0.25) is 4.90 Å². The van der Waals surface area contributed by atoms with Crippen LogP contribution < -0.4 is 0 Å². The van der Waals surface area contributed by atoms with Gasteiger partial charge in [-0.1, -0.05) is 12.1 Å². The van der Waals surface area contributed by atoms with Crippen molar-refractivity contribution in [1.29, 1.82) is 0 Å². The number of morpholine rings is 1. The molecule has 4 rings (SSSR count). The molecule has 0 bridgehead atoms. The fourth-order valence-corrected chi connectivity index (χ4v) is 3.86. The lowest BCUT2D eigenvalue weighted by Gasteiger charge is -2.34. The summed E-state index contributed by atoms with van der Waals surface area (Å²) < 4.78 is 11.3. The summed E-state index contributed by atoms with van der Waals surface area (Å²) in [5.74, 6) is 1.26. The molecule has 0 amide bonds. The molecule has 0 saturated carbocycles. The molecule has 1 aromatic heterocycles. The third-order valence-corrected chi connectivity index (χ3v) is 5.29. The molecule has 2 fully saturated rings. The Morgan fingerprint density at radius 1 is 1.04 bits per heavy atom. The van der Waals surface area contributed by atoms with Gasteiger partial charge in [0.15, 0.2) is 11.5 Å². The Balaban J connectivity index is 1.26. The van der Waals surface area contributed by atoms with Gasteiger partial charge in [0, 0.05) is 32.1 Å². The van der Waals surface area contributed by atoms with Crippen LogP contribution in [0.4, 0.5) is 0 Å². The van der Waals surface area contributed by atoms with Gasteiger partial charge in [-0.05, 0) is 38.1 Å². The van der Waals surface area contributed by atoms with E-state index in [0.717, 1.165) is 82.3 Å². The maximum Gasteiger partial charge on any atom is 0.198 e. The van der Waals surface area contributed by atoms with E-state index in [4.69, 9.17) is 9.15 Å². The van der Waals surface area contributed by atoms with E-state index >= 15 is 0 Å². The van der Waals surface area contributed by atoms with Crippen LogP contribution in [0.25, 0.3) is 11.1 Å². The van der Waals surface area contributed by atoms with Crippen molar-refractivity contribution in [2.45, 2.75) is 24.9 Å². The number of hydrogen-bond donors (Lipinski definition) is 1. The molecule has 0 aliphatic carbocycles. The lowest BCUT2D eigenvalue weighted by molar-refractivity contribution is 0.00490. The minimum Gasteiger partial charge on any atom is -0.440 e. The summed E-state index contributed by atoms with van der Waals surface area (Å²) in [6.07, 6.45) is 1.78. The van der Waals surface area contributed by atoms with E-state index in [9.17, 15) is 5.11 Å². The van der Waals surface area contributed by atoms with Gasteiger partial charge in [0.25, 0.3) is 0 Å². The van der Waals surface area contributed by atoms with Gasteiger partial charge in [0.2, 0.25) is 0 Å². The molecule has 2 aromatic rings. The van der Waals surface area contributed by atoms with Gasteiger partial charge in [0.1, 0.15) is 5.52 Å². The number of hydrogen-bond acceptors (Lipinski definition) is 6. The molecule has 1 atom stereocenters. The molecular formula is C19H27N3O3. The van der Waals surface area contributed by atoms with Crippen molar-refractivity contribution >= 4 is 11.1 Å². The summed E-state index contributed by atoms with van der Waals surface area (Å²) in [7, 11) is 0. The molecule has 2 aliphatic heterocycles. The lowest BCUT2D eigenvalue weighted by atomic mass is 9.96. The molecule has 25 heavy (non-hydrogen) atoms. The fraction of sp³-hybridized carbons (Fsp3) is 0.632. The quantitative estimate of drug-likeness (QED) is 0.890. The van der Waals surface area contributed by atoms with Crippen LogP contribution in [0.2, 0.25) is 0 Å². The zero-order chi connectivity index (χ0) is 17.1. The summed E-state index contributed by atoms with van der Waals surface area (Å²) in [5.41, 5.74) is 1.82. The number of para-hydroxylation sites is 2. The molecular weight excluding hydrogens is 318 g/mol. The Kier molecular flexibility index (Phi) is 5.31. The van der Waals surface area contributed by atoms with Crippen LogP contribution in [0.15, 0.2) is 28.7 Å². The lowest BCUT2D eigenvalue weighted by Crippen LogP contribution is -2.46. The smallest absolute Gasteiger partial charge is 0.198 e. The highest BCUT2D eigenvalue weighted by Gasteiger charge is 2.26. The van der Waals surface area contributed by atoms with E-state index in [0.29, 0.717) is 5.92 Å². The average molecular weight is 345 g/mol. The van der Waals surface area contributed by atoms with Crippen LogP contribution in [0.1, 0.15) is 24.7 Å². The number of aliphatic hydroxyl groups is 1. The maximum absolute atomic E-state index is 10.4. The molecule has 1 N–H and O–H groups in total. The molecule has 6 heteroatoms. The van der Waals surface area contributed by atoms with Crippen LogP contribution in [0, 0.1) is 0 Å². The number of piperidine rings is 1. The van der Waals surface area contributed by atoms with Crippen molar-refractivity contribution < 1.29 is 14.3 Å². The number of aliphatic hydroxyl groups excluding tert-OH is 1. The molecule has 136 valence electrons. The highest BCUT2D eigenvalue weighted by Crippen LogP contribution is 2.29. The number of rotatable bonds is 5. The van der Waals surface area contributed by atoms with Crippen molar-refractivity contribution in [3.05, 3.63) is 30.2 Å². The summed E-state index contributed by atoms with van der Waals surface area (Å²) in [6, 6.07) is 7.95. The molecule has 0 spiro atoms. The van der Waals surface area contributed by atoms with Crippen LogP contribution in [-0.4, -0.2) is 78.5 Å². The van der Waals surface area contributed by atoms with E-state index in [1.165, 1.54) is 0 Å². The second-order valence-corrected chi connectivity index (χ2v) is 7.16. The van der Waals surface area contributed by atoms with Gasteiger partial charge < -0.3 is 19.2 Å². The average Bonchev–Trinajstić information content (AvgIpc) is 3.07. The first-order valence-corrected chi connectivity index (χ1v) is 9.34. The van der Waals surface area contributed by atoms with Crippen molar-refractivity contribution in [3.63, 3.8) is 0 Å². The second-order valence-electron chi connectivity index (χ2n) is 7.16. The highest BCUT2D eigenvalue weighted by molar-refractivity contribution is 5.72. The van der Waals surface area contributed by atoms with Crippen LogP contribution in [0.3, 0.4) is 0 Å². The summed E-state index contributed by atoms with van der Waals surface area (Å²) in [5, 5.41) is 10.4. The summed E-state index contributed by atoms with van der Waals surface area (Å²) in [6.45, 7) is 6.89. The van der Waals surface area contributed by atoms with E-state index in [1.807, 2.05) is 24.3 Å². The molecule has 0 unspecified atom stereocenters. The Bertz CT molecular complexity index is 642. The number of likely N-dealkylation sites (tertiary alicyclic amines) is 1. The van der Waals surface area contributed by atoms with Gasteiger partial charge in [0.05, 0.1) is 19.3 Å². The first-order chi connectivity index (χ1) is 12.3. The van der Waals surface area contributed by atoms with Crippen molar-refractivity contribution in [2.24, 2.45) is 0 Å². The van der Waals surface area contributed by atoms with E-state index in [2.05, 4.69) is 14.8 Å². The fourth-order valence-electron chi connectivity index (χ4n) is 3.86. The number of aromatic nitrogens is 1. The third-order valence-electron chi connectivity index (χ3n) is 5.29. The maximum atomic E-state index is 10.4. The van der Waals surface area contributed by atoms with E-state index in [-0.39, 0.29) is 6.10 Å². The Morgan fingerprint density at radius 2 is 1.72 bits per heavy atom. The minimum absolute atomic E-state index is 0.293. The number of β-amino-alcohol motifs (C(OH)–C–C–N with tert-alkyl or cyclic N) is 1. The van der Waals surface area contributed by atoms with Crippen LogP contribution in [0.5, 0.6) is 0 Å². The van der Waals surface area contributed by atoms with Gasteiger partial charge in [-0.15, -0.1) is 0 Å². The zero-order valence-electron chi connectivity index (χ0n) is 14.6. The predicted molar refractivity (Wildman–Crippen MR) is 95.7 cm³/mol. The largest absolute Gasteiger partial charge is 0.440 e. The molecule has 2 aliphatic rings. The van der Waals surface area contributed by atoms with Gasteiger partial charge in [-0.25, -0.2) is 4.98 Å². The standard InChI is InChI=1S/C19H27N3O3/c23-16(14-22-9-11-24-12-10-22)13-21-7-5-15(6-8-21)19-20-17-3-1-2-4-18(17)25-19/h1-4,15-16,23H,5-14H2/t16-/m1/s1. The Morgan fingerprint density at radius 3 is 2.44 bits per heavy atom. The highest BCUT2D eigenvalue weighted by atomic mass is 16.5. The number of oxazole rings is 1. The molecule has 6 nitrogen and oxygen atoms in total. The third kappa shape index (κ3) is 4.20. The first kappa shape index (κ1) is 17.0. The van der Waals surface area contributed by atoms with Gasteiger partial charge in [-0.2, -0.15) is 0 Å². The van der Waals surface area contributed by atoms with E-state index < -0.39 is 0 Å². The SMILES string of the molecule is O[C@@H](CN1CCOCC1)CN1CCC(c2nc3ccccc3o2)CC1. The Hall–Kier alpha value is -1.47. The summed E-state index contributed by atoms with van der Waals surface area (Å²) in [4.78, 5) is 9.30. The van der Waals surface area contributed by atoms with E-state index in [1.54, 1.807) is 0 Å². The number of benzene rings is 1. The van der Waals surface area contributed by atoms with Gasteiger partial charge >= 0.3 is 0 Å². The topological polar surface area (TPSA) is 62.0 Å². The van der Waals surface area contributed by atoms with Crippen molar-refractivity contribution in [3.8, 4) is 0 Å². The number of nitrogens with zero attached hydrogens (tertiary/aromatic N) is 3. The molecule has 2 saturated heterocycles. The Labute approximate surface area is 148 Å². The van der Waals surface area contributed by atoms with Crippen molar-refractivity contribution in [2.75, 3.05) is 52.5 Å². The number of ether oxygens (including phenoxy) is 1. The first-order valence-electron chi connectivity index (χ1n) is 9.34. The molecule has 0 radical (unpaired) electrons.